The summed E-state index contributed by atoms with van der Waals surface area (Å²) in [7, 11) is 0. The molecule has 78 valence electrons. The monoisotopic (exact) mass is 202 g/mol. The fourth-order valence-electron chi connectivity index (χ4n) is 1.49. The Balaban J connectivity index is 2.36. The first-order valence-corrected chi connectivity index (χ1v) is 5.07. The van der Waals surface area contributed by atoms with E-state index in [0.29, 0.717) is 5.82 Å². The summed E-state index contributed by atoms with van der Waals surface area (Å²) in [5, 5.41) is 4.40. The van der Waals surface area contributed by atoms with Gasteiger partial charge in [-0.3, -0.25) is 0 Å². The maximum absolute atomic E-state index is 5.86. The van der Waals surface area contributed by atoms with Crippen LogP contribution >= 0.6 is 0 Å². The quantitative estimate of drug-likeness (QED) is 0.825. The van der Waals surface area contributed by atoms with Crippen molar-refractivity contribution in [2.24, 2.45) is 0 Å². The zero-order chi connectivity index (χ0) is 10.7. The highest BCUT2D eigenvalue weighted by Gasteiger charge is 2.06. The Morgan fingerprint density at radius 3 is 2.93 bits per heavy atom. The summed E-state index contributed by atoms with van der Waals surface area (Å²) in [5.74, 6) is 1.40. The SMILES string of the molecule is CCCc1cc(N)n(-c2ccccn2)n1. The average molecular weight is 202 g/mol. The molecular formula is C11H14N4. The molecule has 0 unspecified atom stereocenters. The van der Waals surface area contributed by atoms with Crippen LogP contribution in [0, 0.1) is 0 Å². The van der Waals surface area contributed by atoms with Gasteiger partial charge in [0, 0.05) is 12.3 Å². The Morgan fingerprint density at radius 2 is 2.27 bits per heavy atom. The number of hydrogen-bond acceptors (Lipinski definition) is 3. The van der Waals surface area contributed by atoms with Crippen LogP contribution < -0.4 is 5.73 Å². The molecule has 2 rings (SSSR count). The lowest BCUT2D eigenvalue weighted by atomic mass is 10.2. The lowest BCUT2D eigenvalue weighted by Crippen LogP contribution is -2.03. The van der Waals surface area contributed by atoms with Crippen LogP contribution in [0.15, 0.2) is 30.5 Å². The van der Waals surface area contributed by atoms with Crippen LogP contribution in [-0.4, -0.2) is 14.8 Å². The summed E-state index contributed by atoms with van der Waals surface area (Å²) in [4.78, 5) is 4.20. The van der Waals surface area contributed by atoms with Gasteiger partial charge in [-0.25, -0.2) is 4.98 Å². The number of pyridine rings is 1. The predicted octanol–water partition coefficient (Wildman–Crippen LogP) is 1.80. The third-order valence-corrected chi connectivity index (χ3v) is 2.16. The molecule has 2 N–H and O–H groups in total. The Bertz CT molecular complexity index is 433. The van der Waals surface area contributed by atoms with Crippen molar-refractivity contribution >= 4 is 5.82 Å². The molecule has 15 heavy (non-hydrogen) atoms. The fourth-order valence-corrected chi connectivity index (χ4v) is 1.49. The van der Waals surface area contributed by atoms with Gasteiger partial charge in [-0.15, -0.1) is 0 Å². The van der Waals surface area contributed by atoms with Crippen LogP contribution in [0.5, 0.6) is 0 Å². The molecule has 4 heteroatoms. The van der Waals surface area contributed by atoms with Gasteiger partial charge in [-0.05, 0) is 18.6 Å². The molecule has 2 aromatic rings. The molecule has 0 aliphatic carbocycles. The van der Waals surface area contributed by atoms with Gasteiger partial charge in [0.25, 0.3) is 0 Å². The van der Waals surface area contributed by atoms with E-state index in [9.17, 15) is 0 Å². The van der Waals surface area contributed by atoms with Crippen molar-refractivity contribution < 1.29 is 0 Å². The molecule has 2 heterocycles. The normalized spacial score (nSPS) is 10.5. The van der Waals surface area contributed by atoms with E-state index >= 15 is 0 Å². The van der Waals surface area contributed by atoms with Crippen LogP contribution in [0.2, 0.25) is 0 Å². The molecule has 0 amide bonds. The maximum atomic E-state index is 5.86. The van der Waals surface area contributed by atoms with Gasteiger partial charge >= 0.3 is 0 Å². The van der Waals surface area contributed by atoms with Crippen molar-refractivity contribution in [1.29, 1.82) is 0 Å². The molecule has 0 bridgehead atoms. The van der Waals surface area contributed by atoms with Gasteiger partial charge in [0.1, 0.15) is 5.82 Å². The second-order valence-corrected chi connectivity index (χ2v) is 3.41. The Kier molecular flexibility index (Phi) is 2.67. The van der Waals surface area contributed by atoms with Gasteiger partial charge in [-0.1, -0.05) is 19.4 Å². The topological polar surface area (TPSA) is 56.7 Å². The number of nitrogens with two attached hydrogens (primary N) is 1. The Labute approximate surface area is 88.8 Å². The van der Waals surface area contributed by atoms with E-state index in [0.717, 1.165) is 24.4 Å². The number of aryl methyl sites for hydroxylation is 1. The van der Waals surface area contributed by atoms with Crippen LogP contribution in [0.4, 0.5) is 5.82 Å². The maximum Gasteiger partial charge on any atom is 0.155 e. The van der Waals surface area contributed by atoms with Crippen molar-refractivity contribution in [2.75, 3.05) is 5.73 Å². The molecule has 2 aromatic heterocycles. The highest BCUT2D eigenvalue weighted by atomic mass is 15.3. The smallest absolute Gasteiger partial charge is 0.155 e. The molecule has 0 radical (unpaired) electrons. The van der Waals surface area contributed by atoms with E-state index in [2.05, 4.69) is 17.0 Å². The van der Waals surface area contributed by atoms with E-state index in [1.54, 1.807) is 10.9 Å². The molecule has 4 nitrogen and oxygen atoms in total. The van der Waals surface area contributed by atoms with Gasteiger partial charge in [0.15, 0.2) is 5.82 Å². The van der Waals surface area contributed by atoms with Crippen molar-refractivity contribution in [1.82, 2.24) is 14.8 Å². The van der Waals surface area contributed by atoms with Gasteiger partial charge in [0.05, 0.1) is 5.69 Å². The second-order valence-electron chi connectivity index (χ2n) is 3.41. The second kappa shape index (κ2) is 4.13. The largest absolute Gasteiger partial charge is 0.384 e. The van der Waals surface area contributed by atoms with E-state index in [1.807, 2.05) is 24.3 Å². The minimum Gasteiger partial charge on any atom is -0.384 e. The van der Waals surface area contributed by atoms with Gasteiger partial charge < -0.3 is 5.73 Å². The lowest BCUT2D eigenvalue weighted by molar-refractivity contribution is 0.796. The van der Waals surface area contributed by atoms with Crippen molar-refractivity contribution in [3.8, 4) is 5.82 Å². The first kappa shape index (κ1) is 9.71. The van der Waals surface area contributed by atoms with E-state index in [1.165, 1.54) is 0 Å². The van der Waals surface area contributed by atoms with Gasteiger partial charge in [-0.2, -0.15) is 9.78 Å². The summed E-state index contributed by atoms with van der Waals surface area (Å²) in [6.07, 6.45) is 3.75. The number of anilines is 1. The first-order valence-electron chi connectivity index (χ1n) is 5.07. The summed E-state index contributed by atoms with van der Waals surface area (Å²) in [6.45, 7) is 2.12. The molecular weight excluding hydrogens is 188 g/mol. The highest BCUT2D eigenvalue weighted by Crippen LogP contribution is 2.12. The molecule has 0 aromatic carbocycles. The van der Waals surface area contributed by atoms with Crippen molar-refractivity contribution in [3.05, 3.63) is 36.2 Å². The number of aromatic nitrogens is 3. The zero-order valence-corrected chi connectivity index (χ0v) is 8.72. The third-order valence-electron chi connectivity index (χ3n) is 2.16. The third kappa shape index (κ3) is 1.98. The predicted molar refractivity (Wildman–Crippen MR) is 59.8 cm³/mol. The van der Waals surface area contributed by atoms with Crippen molar-refractivity contribution in [2.45, 2.75) is 19.8 Å². The van der Waals surface area contributed by atoms with Gasteiger partial charge in [0.2, 0.25) is 0 Å². The zero-order valence-electron chi connectivity index (χ0n) is 8.72. The lowest BCUT2D eigenvalue weighted by Gasteiger charge is -2.00. The first-order chi connectivity index (χ1) is 7.31. The molecule has 0 aliphatic rings. The van der Waals surface area contributed by atoms with E-state index in [-0.39, 0.29) is 0 Å². The molecule has 0 saturated heterocycles. The number of rotatable bonds is 3. The Hall–Kier alpha value is -1.84. The summed E-state index contributed by atoms with van der Waals surface area (Å²) in [6, 6.07) is 7.58. The molecule has 0 aliphatic heterocycles. The van der Waals surface area contributed by atoms with E-state index < -0.39 is 0 Å². The highest BCUT2D eigenvalue weighted by molar-refractivity contribution is 5.39. The minimum atomic E-state index is 0.636. The molecule has 0 saturated carbocycles. The molecule has 0 atom stereocenters. The standard InChI is InChI=1S/C11H14N4/c1-2-5-9-8-10(12)15(14-9)11-6-3-4-7-13-11/h3-4,6-8H,2,5,12H2,1H3. The Morgan fingerprint density at radius 1 is 1.40 bits per heavy atom. The van der Waals surface area contributed by atoms with Crippen LogP contribution in [0.3, 0.4) is 0 Å². The van der Waals surface area contributed by atoms with E-state index in [4.69, 9.17) is 5.73 Å². The van der Waals surface area contributed by atoms with Crippen LogP contribution in [0.25, 0.3) is 5.82 Å². The molecule has 0 spiro atoms. The average Bonchev–Trinajstić information content (AvgIpc) is 2.61. The van der Waals surface area contributed by atoms with Crippen molar-refractivity contribution in [3.63, 3.8) is 0 Å². The number of nitrogens with zero attached hydrogens (tertiary/aromatic N) is 3. The van der Waals surface area contributed by atoms with Crippen LogP contribution in [-0.2, 0) is 6.42 Å². The molecule has 0 fully saturated rings. The summed E-state index contributed by atoms with van der Waals surface area (Å²) in [5.41, 5.74) is 6.88. The van der Waals surface area contributed by atoms with Crippen LogP contribution in [0.1, 0.15) is 19.0 Å². The summed E-state index contributed by atoms with van der Waals surface area (Å²) < 4.78 is 1.67. The summed E-state index contributed by atoms with van der Waals surface area (Å²) >= 11 is 0. The fraction of sp³-hybridized carbons (Fsp3) is 0.273. The number of nitrogen functional groups attached to an aromatic ring is 1. The minimum absolute atomic E-state index is 0.636. The number of hydrogen-bond donors (Lipinski definition) is 1.